The van der Waals surface area contributed by atoms with E-state index in [4.69, 9.17) is 4.74 Å². The van der Waals surface area contributed by atoms with E-state index in [9.17, 15) is 9.59 Å². The first-order valence-corrected chi connectivity index (χ1v) is 8.53. The second kappa shape index (κ2) is 7.13. The zero-order chi connectivity index (χ0) is 16.2. The summed E-state index contributed by atoms with van der Waals surface area (Å²) in [6.45, 7) is 7.56. The van der Waals surface area contributed by atoms with E-state index >= 15 is 0 Å². The number of piperidine rings is 1. The van der Waals surface area contributed by atoms with Gasteiger partial charge in [-0.15, -0.1) is 11.3 Å². The Kier molecular flexibility index (Phi) is 5.45. The Morgan fingerprint density at radius 1 is 1.45 bits per heavy atom. The van der Waals surface area contributed by atoms with E-state index in [1.54, 1.807) is 4.90 Å². The molecule has 6 heteroatoms. The topological polar surface area (TPSA) is 58.6 Å². The number of ether oxygens (including phenoxy) is 1. The smallest absolute Gasteiger partial charge is 0.410 e. The molecule has 22 heavy (non-hydrogen) atoms. The molecule has 1 aromatic heterocycles. The molecule has 1 saturated heterocycles. The molecule has 0 saturated carbocycles. The third kappa shape index (κ3) is 5.02. The molecule has 0 aromatic carbocycles. The lowest BCUT2D eigenvalue weighted by Gasteiger charge is -2.34. The van der Waals surface area contributed by atoms with Gasteiger partial charge in [0.1, 0.15) is 5.60 Å². The quantitative estimate of drug-likeness (QED) is 0.929. The van der Waals surface area contributed by atoms with Gasteiger partial charge in [-0.1, -0.05) is 6.07 Å². The van der Waals surface area contributed by atoms with Gasteiger partial charge in [0.25, 0.3) is 5.91 Å². The summed E-state index contributed by atoms with van der Waals surface area (Å²) in [7, 11) is 0. The minimum absolute atomic E-state index is 0.0376. The third-order valence-electron chi connectivity index (χ3n) is 3.47. The van der Waals surface area contributed by atoms with Gasteiger partial charge in [0.15, 0.2) is 0 Å². The fourth-order valence-corrected chi connectivity index (χ4v) is 3.10. The van der Waals surface area contributed by atoms with Crippen LogP contribution >= 0.6 is 11.3 Å². The molecule has 0 bridgehead atoms. The van der Waals surface area contributed by atoms with Crippen LogP contribution in [0, 0.1) is 5.92 Å². The van der Waals surface area contributed by atoms with Crippen LogP contribution in [-0.2, 0) is 4.74 Å². The molecule has 122 valence electrons. The first-order valence-electron chi connectivity index (χ1n) is 7.65. The van der Waals surface area contributed by atoms with Crippen molar-refractivity contribution >= 4 is 23.3 Å². The van der Waals surface area contributed by atoms with E-state index in [1.807, 2.05) is 38.3 Å². The number of rotatable bonds is 3. The molecule has 0 spiro atoms. The summed E-state index contributed by atoms with van der Waals surface area (Å²) in [5.74, 6) is 0.245. The SMILES string of the molecule is CC(C)(C)OC(=O)N1CCC[C@@H](CNC(=O)c2cccs2)C1. The average molecular weight is 324 g/mol. The molecule has 1 aromatic rings. The molecule has 1 aliphatic rings. The summed E-state index contributed by atoms with van der Waals surface area (Å²) in [6, 6.07) is 3.68. The van der Waals surface area contributed by atoms with Crippen molar-refractivity contribution in [1.82, 2.24) is 10.2 Å². The molecule has 1 N–H and O–H groups in total. The van der Waals surface area contributed by atoms with E-state index in [0.717, 1.165) is 24.3 Å². The van der Waals surface area contributed by atoms with Crippen LogP contribution in [0.3, 0.4) is 0 Å². The Bertz CT molecular complexity index is 508. The predicted molar refractivity (Wildman–Crippen MR) is 87.2 cm³/mol. The number of hydrogen-bond donors (Lipinski definition) is 1. The summed E-state index contributed by atoms with van der Waals surface area (Å²) in [4.78, 5) is 26.5. The molecule has 0 aliphatic carbocycles. The first-order chi connectivity index (χ1) is 10.3. The highest BCUT2D eigenvalue weighted by molar-refractivity contribution is 7.12. The lowest BCUT2D eigenvalue weighted by molar-refractivity contribution is 0.0167. The Labute approximate surface area is 135 Å². The third-order valence-corrected chi connectivity index (χ3v) is 4.34. The lowest BCUT2D eigenvalue weighted by Crippen LogP contribution is -2.45. The fraction of sp³-hybridized carbons (Fsp3) is 0.625. The minimum atomic E-state index is -0.475. The Morgan fingerprint density at radius 2 is 2.23 bits per heavy atom. The van der Waals surface area contributed by atoms with Crippen LogP contribution in [0.2, 0.25) is 0 Å². The van der Waals surface area contributed by atoms with Crippen LogP contribution in [0.25, 0.3) is 0 Å². The number of amides is 2. The highest BCUT2D eigenvalue weighted by atomic mass is 32.1. The summed E-state index contributed by atoms with van der Waals surface area (Å²) < 4.78 is 5.41. The molecule has 1 fully saturated rings. The van der Waals surface area contributed by atoms with Gasteiger partial charge >= 0.3 is 6.09 Å². The predicted octanol–water partition coefficient (Wildman–Crippen LogP) is 3.13. The second-order valence-corrected chi connectivity index (χ2v) is 7.57. The van der Waals surface area contributed by atoms with Crippen molar-refractivity contribution in [3.8, 4) is 0 Å². The van der Waals surface area contributed by atoms with Gasteiger partial charge in [0, 0.05) is 19.6 Å². The largest absolute Gasteiger partial charge is 0.444 e. The molecule has 2 heterocycles. The van der Waals surface area contributed by atoms with Crippen LogP contribution in [0.15, 0.2) is 17.5 Å². The van der Waals surface area contributed by atoms with Crippen molar-refractivity contribution < 1.29 is 14.3 Å². The Balaban J connectivity index is 1.80. The van der Waals surface area contributed by atoms with Crippen molar-refractivity contribution in [2.45, 2.75) is 39.2 Å². The monoisotopic (exact) mass is 324 g/mol. The molecule has 1 aliphatic heterocycles. The van der Waals surface area contributed by atoms with Gasteiger partial charge in [0.2, 0.25) is 0 Å². The maximum atomic E-state index is 12.1. The van der Waals surface area contributed by atoms with Gasteiger partial charge in [-0.05, 0) is 51.0 Å². The summed E-state index contributed by atoms with van der Waals surface area (Å²) >= 11 is 1.43. The van der Waals surface area contributed by atoms with Crippen molar-refractivity contribution in [3.63, 3.8) is 0 Å². The van der Waals surface area contributed by atoms with Crippen molar-refractivity contribution in [2.75, 3.05) is 19.6 Å². The molecule has 0 unspecified atom stereocenters. The van der Waals surface area contributed by atoms with Crippen LogP contribution < -0.4 is 5.32 Å². The van der Waals surface area contributed by atoms with E-state index < -0.39 is 5.60 Å². The number of carbonyl (C=O) groups is 2. The molecular weight excluding hydrogens is 300 g/mol. The number of nitrogens with zero attached hydrogens (tertiary/aromatic N) is 1. The highest BCUT2D eigenvalue weighted by Crippen LogP contribution is 2.19. The maximum absolute atomic E-state index is 12.1. The standard InChI is InChI=1S/C16H24N2O3S/c1-16(2,3)21-15(20)18-8-4-6-12(11-18)10-17-14(19)13-7-5-9-22-13/h5,7,9,12H,4,6,8,10-11H2,1-3H3,(H,17,19)/t12-/m0/s1. The van der Waals surface area contributed by atoms with Gasteiger partial charge in [-0.3, -0.25) is 4.79 Å². The number of hydrogen-bond acceptors (Lipinski definition) is 4. The van der Waals surface area contributed by atoms with E-state index in [-0.39, 0.29) is 17.9 Å². The zero-order valence-corrected chi connectivity index (χ0v) is 14.2. The lowest BCUT2D eigenvalue weighted by atomic mass is 9.98. The van der Waals surface area contributed by atoms with Gasteiger partial charge in [-0.2, -0.15) is 0 Å². The molecule has 1 atom stereocenters. The number of likely N-dealkylation sites (tertiary alicyclic amines) is 1. The Morgan fingerprint density at radius 3 is 2.86 bits per heavy atom. The normalized spacial score (nSPS) is 18.9. The molecule has 2 amide bonds. The van der Waals surface area contributed by atoms with Crippen LogP contribution in [-0.4, -0.2) is 42.1 Å². The molecular formula is C16H24N2O3S. The van der Waals surface area contributed by atoms with Crippen LogP contribution in [0.1, 0.15) is 43.3 Å². The molecule has 2 rings (SSSR count). The number of carbonyl (C=O) groups excluding carboxylic acids is 2. The van der Waals surface area contributed by atoms with Crippen molar-refractivity contribution in [1.29, 1.82) is 0 Å². The minimum Gasteiger partial charge on any atom is -0.444 e. The summed E-state index contributed by atoms with van der Waals surface area (Å²) in [5, 5.41) is 4.84. The van der Waals surface area contributed by atoms with Crippen molar-refractivity contribution in [3.05, 3.63) is 22.4 Å². The van der Waals surface area contributed by atoms with Gasteiger partial charge < -0.3 is 15.0 Å². The highest BCUT2D eigenvalue weighted by Gasteiger charge is 2.27. The zero-order valence-electron chi connectivity index (χ0n) is 13.4. The average Bonchev–Trinajstić information content (AvgIpc) is 2.97. The van der Waals surface area contributed by atoms with Crippen LogP contribution in [0.5, 0.6) is 0 Å². The van der Waals surface area contributed by atoms with Gasteiger partial charge in [0.05, 0.1) is 4.88 Å². The van der Waals surface area contributed by atoms with E-state index in [2.05, 4.69) is 5.32 Å². The number of nitrogens with one attached hydrogen (secondary N) is 1. The molecule has 5 nitrogen and oxygen atoms in total. The van der Waals surface area contributed by atoms with Crippen LogP contribution in [0.4, 0.5) is 4.79 Å². The molecule has 0 radical (unpaired) electrons. The second-order valence-electron chi connectivity index (χ2n) is 6.62. The van der Waals surface area contributed by atoms with Crippen molar-refractivity contribution in [2.24, 2.45) is 5.92 Å². The van der Waals surface area contributed by atoms with E-state index in [0.29, 0.717) is 13.1 Å². The fourth-order valence-electron chi connectivity index (χ4n) is 2.46. The first kappa shape index (κ1) is 16.8. The summed E-state index contributed by atoms with van der Waals surface area (Å²) in [5.41, 5.74) is -0.475. The number of thiophene rings is 1. The summed E-state index contributed by atoms with van der Waals surface area (Å²) in [6.07, 6.45) is 1.70. The van der Waals surface area contributed by atoms with Gasteiger partial charge in [-0.25, -0.2) is 4.79 Å². The van der Waals surface area contributed by atoms with E-state index in [1.165, 1.54) is 11.3 Å². The maximum Gasteiger partial charge on any atom is 0.410 e. The Hall–Kier alpha value is -1.56.